The number of nitrogens with zero attached hydrogens (tertiary/aromatic N) is 1. The monoisotopic (exact) mass is 331 g/mol. The van der Waals surface area contributed by atoms with Crippen molar-refractivity contribution in [3.05, 3.63) is 28.2 Å². The number of nitriles is 1. The van der Waals surface area contributed by atoms with E-state index in [1.165, 1.54) is 6.07 Å². The normalized spacial score (nSPS) is 12.4. The highest BCUT2D eigenvalue weighted by Crippen LogP contribution is 2.27. The summed E-state index contributed by atoms with van der Waals surface area (Å²) in [5, 5.41) is 9.70. The molecule has 7 heteroatoms. The van der Waals surface area contributed by atoms with Crippen LogP contribution in [0.2, 0.25) is 28.7 Å². The Morgan fingerprint density at radius 2 is 2.10 bits per heavy atom. The summed E-state index contributed by atoms with van der Waals surface area (Å²) in [7, 11) is -2.38. The summed E-state index contributed by atoms with van der Waals surface area (Å²) in [4.78, 5) is 11.7. The van der Waals surface area contributed by atoms with E-state index in [9.17, 15) is 4.79 Å². The lowest BCUT2D eigenvalue weighted by Crippen LogP contribution is -2.38. The summed E-state index contributed by atoms with van der Waals surface area (Å²) in [6.07, 6.45) is 0. The molecule has 0 bridgehead atoms. The van der Waals surface area contributed by atoms with E-state index < -0.39 is 14.3 Å². The fourth-order valence-electron chi connectivity index (χ4n) is 1.30. The molecule has 0 saturated heterocycles. The van der Waals surface area contributed by atoms with Crippen LogP contribution in [0.1, 0.15) is 6.92 Å². The average Bonchev–Trinajstić information content (AvgIpc) is 2.36. The van der Waals surface area contributed by atoms with Crippen LogP contribution in [0.4, 0.5) is 0 Å². The van der Waals surface area contributed by atoms with Crippen molar-refractivity contribution in [2.24, 2.45) is 0 Å². The number of ether oxygens (including phenoxy) is 1. The van der Waals surface area contributed by atoms with Crippen LogP contribution in [-0.2, 0) is 9.22 Å². The largest absolute Gasteiger partial charge is 0.516 e. The van der Waals surface area contributed by atoms with Crippen molar-refractivity contribution in [1.29, 1.82) is 5.26 Å². The standard InChI is InChI=1S/C13H15Cl2NO3Si/c1-9(7-16)20(2,3)19-13(17)8-18-12-5-4-10(14)6-11(12)15/h4-6,9H,8H2,1-3H3. The number of benzene rings is 1. The van der Waals surface area contributed by atoms with Gasteiger partial charge >= 0.3 is 5.97 Å². The minimum Gasteiger partial charge on any atom is -0.516 e. The number of halogens is 2. The van der Waals surface area contributed by atoms with Gasteiger partial charge in [-0.1, -0.05) is 23.2 Å². The molecule has 0 heterocycles. The van der Waals surface area contributed by atoms with Crippen molar-refractivity contribution in [3.8, 4) is 11.8 Å². The van der Waals surface area contributed by atoms with Gasteiger partial charge in [-0.15, -0.1) is 0 Å². The first-order valence-corrected chi connectivity index (χ1v) is 9.69. The van der Waals surface area contributed by atoms with Crippen molar-refractivity contribution in [2.45, 2.75) is 25.6 Å². The minimum atomic E-state index is -2.38. The van der Waals surface area contributed by atoms with Crippen molar-refractivity contribution in [2.75, 3.05) is 6.61 Å². The van der Waals surface area contributed by atoms with Gasteiger partial charge in [-0.25, -0.2) is 4.79 Å². The van der Waals surface area contributed by atoms with Crippen LogP contribution in [-0.4, -0.2) is 20.9 Å². The Balaban J connectivity index is 2.58. The summed E-state index contributed by atoms with van der Waals surface area (Å²) < 4.78 is 10.6. The maximum atomic E-state index is 11.7. The number of hydrogen-bond acceptors (Lipinski definition) is 4. The summed E-state index contributed by atoms with van der Waals surface area (Å²) in [5.74, 6) is -0.143. The molecule has 0 aliphatic heterocycles. The van der Waals surface area contributed by atoms with Crippen LogP contribution in [0.5, 0.6) is 5.75 Å². The number of carbonyl (C=O) groups excluding carboxylic acids is 1. The summed E-state index contributed by atoms with van der Waals surface area (Å²) >= 11 is 11.7. The molecule has 1 unspecified atom stereocenters. The third-order valence-corrected chi connectivity index (χ3v) is 6.35. The molecule has 1 rings (SSSR count). The van der Waals surface area contributed by atoms with Gasteiger partial charge in [0.15, 0.2) is 6.61 Å². The first-order valence-electron chi connectivity index (χ1n) is 5.95. The highest BCUT2D eigenvalue weighted by atomic mass is 35.5. The Hall–Kier alpha value is -1.22. The van der Waals surface area contributed by atoms with Crippen molar-refractivity contribution in [1.82, 2.24) is 0 Å². The number of carbonyl (C=O) groups is 1. The number of rotatable bonds is 5. The zero-order chi connectivity index (χ0) is 15.3. The molecular weight excluding hydrogens is 317 g/mol. The van der Waals surface area contributed by atoms with E-state index in [-0.39, 0.29) is 12.1 Å². The molecule has 0 fully saturated rings. The Bertz CT molecular complexity index is 543. The Morgan fingerprint density at radius 3 is 2.65 bits per heavy atom. The second-order valence-corrected chi connectivity index (χ2v) is 9.91. The topological polar surface area (TPSA) is 59.3 Å². The Morgan fingerprint density at radius 1 is 1.45 bits per heavy atom. The Kier molecular flexibility index (Phi) is 5.87. The lowest BCUT2D eigenvalue weighted by molar-refractivity contribution is -0.137. The van der Waals surface area contributed by atoms with Gasteiger partial charge in [-0.2, -0.15) is 5.26 Å². The quantitative estimate of drug-likeness (QED) is 0.764. The average molecular weight is 332 g/mol. The third kappa shape index (κ3) is 4.71. The Labute approximate surface area is 129 Å². The van der Waals surface area contributed by atoms with Gasteiger partial charge in [-0.3, -0.25) is 0 Å². The van der Waals surface area contributed by atoms with E-state index in [0.717, 1.165) is 0 Å². The van der Waals surface area contributed by atoms with Crippen LogP contribution in [0.25, 0.3) is 0 Å². The van der Waals surface area contributed by atoms with Gasteiger partial charge in [0.05, 0.1) is 16.6 Å². The highest BCUT2D eigenvalue weighted by Gasteiger charge is 2.34. The molecule has 0 spiro atoms. The molecule has 0 N–H and O–H groups in total. The van der Waals surface area contributed by atoms with Crippen LogP contribution < -0.4 is 4.74 Å². The van der Waals surface area contributed by atoms with E-state index in [4.69, 9.17) is 37.6 Å². The lowest BCUT2D eigenvalue weighted by atomic mass is 10.3. The predicted molar refractivity (Wildman–Crippen MR) is 80.6 cm³/mol. The lowest BCUT2D eigenvalue weighted by Gasteiger charge is -2.24. The summed E-state index contributed by atoms with van der Waals surface area (Å²) in [6, 6.07) is 6.83. The molecule has 1 aromatic rings. The third-order valence-electron chi connectivity index (χ3n) is 2.85. The first kappa shape index (κ1) is 16.8. The van der Waals surface area contributed by atoms with Crippen LogP contribution in [0.15, 0.2) is 18.2 Å². The first-order chi connectivity index (χ1) is 9.26. The molecule has 0 amide bonds. The molecular formula is C13H15Cl2NO3Si. The van der Waals surface area contributed by atoms with Gasteiger partial charge in [0.1, 0.15) is 5.75 Å². The van der Waals surface area contributed by atoms with Crippen molar-refractivity contribution in [3.63, 3.8) is 0 Å². The molecule has 0 aromatic heterocycles. The zero-order valence-electron chi connectivity index (χ0n) is 11.4. The van der Waals surface area contributed by atoms with Gasteiger partial charge in [-0.05, 0) is 38.2 Å². The van der Waals surface area contributed by atoms with E-state index >= 15 is 0 Å². The molecule has 1 atom stereocenters. The zero-order valence-corrected chi connectivity index (χ0v) is 14.0. The van der Waals surface area contributed by atoms with Crippen LogP contribution in [0.3, 0.4) is 0 Å². The highest BCUT2D eigenvalue weighted by molar-refractivity contribution is 6.74. The van der Waals surface area contributed by atoms with Gasteiger partial charge in [0.2, 0.25) is 0 Å². The van der Waals surface area contributed by atoms with Crippen LogP contribution in [0, 0.1) is 11.3 Å². The smallest absolute Gasteiger partial charge is 0.330 e. The molecule has 20 heavy (non-hydrogen) atoms. The van der Waals surface area contributed by atoms with Crippen molar-refractivity contribution < 1.29 is 14.0 Å². The minimum absolute atomic E-state index is 0.254. The fraction of sp³-hybridized carbons (Fsp3) is 0.385. The molecule has 1 aromatic carbocycles. The predicted octanol–water partition coefficient (Wildman–Crippen LogP) is 4.03. The van der Waals surface area contributed by atoms with E-state index in [2.05, 4.69) is 6.07 Å². The van der Waals surface area contributed by atoms with Gasteiger partial charge < -0.3 is 9.16 Å². The van der Waals surface area contributed by atoms with Crippen molar-refractivity contribution >= 4 is 37.5 Å². The molecule has 0 aliphatic carbocycles. The molecule has 108 valence electrons. The summed E-state index contributed by atoms with van der Waals surface area (Å²) in [6.45, 7) is 5.12. The second-order valence-electron chi connectivity index (χ2n) is 4.79. The van der Waals surface area contributed by atoms with Crippen LogP contribution >= 0.6 is 23.2 Å². The molecule has 0 aliphatic rings. The molecule has 4 nitrogen and oxygen atoms in total. The van der Waals surface area contributed by atoms with E-state index in [1.54, 1.807) is 19.1 Å². The summed E-state index contributed by atoms with van der Waals surface area (Å²) in [5.41, 5.74) is -0.287. The van der Waals surface area contributed by atoms with E-state index in [0.29, 0.717) is 15.8 Å². The SMILES string of the molecule is CC(C#N)[Si](C)(C)OC(=O)COc1ccc(Cl)cc1Cl. The van der Waals surface area contributed by atoms with Gasteiger partial charge in [0, 0.05) is 5.02 Å². The fourth-order valence-corrected chi connectivity index (χ4v) is 2.89. The number of hydrogen-bond donors (Lipinski definition) is 0. The second kappa shape index (κ2) is 6.98. The molecule has 0 radical (unpaired) electrons. The molecule has 0 saturated carbocycles. The van der Waals surface area contributed by atoms with E-state index in [1.807, 2.05) is 13.1 Å². The maximum absolute atomic E-state index is 11.7. The van der Waals surface area contributed by atoms with Gasteiger partial charge in [0.25, 0.3) is 8.32 Å². The maximum Gasteiger partial charge on any atom is 0.330 e.